The Morgan fingerprint density at radius 2 is 2.25 bits per heavy atom. The van der Waals surface area contributed by atoms with Gasteiger partial charge in [0.25, 0.3) is 5.69 Å². The first-order chi connectivity index (χ1) is 7.54. The predicted octanol–water partition coefficient (Wildman–Crippen LogP) is 1.67. The summed E-state index contributed by atoms with van der Waals surface area (Å²) in [6.07, 6.45) is 0. The average Bonchev–Trinajstić information content (AvgIpc) is 2.21. The molecule has 88 valence electrons. The van der Waals surface area contributed by atoms with Gasteiger partial charge in [0.05, 0.1) is 11.5 Å². The Morgan fingerprint density at radius 1 is 1.56 bits per heavy atom. The summed E-state index contributed by atoms with van der Waals surface area (Å²) in [5.41, 5.74) is 0.712. The molecule has 0 radical (unpaired) electrons. The molecule has 0 amide bonds. The molecule has 16 heavy (non-hydrogen) atoms. The molecule has 1 aromatic rings. The molecule has 0 aliphatic heterocycles. The summed E-state index contributed by atoms with van der Waals surface area (Å²) < 4.78 is 0. The van der Waals surface area contributed by atoms with Crippen LogP contribution < -0.4 is 0 Å². The van der Waals surface area contributed by atoms with Crippen molar-refractivity contribution in [2.24, 2.45) is 0 Å². The van der Waals surface area contributed by atoms with Crippen molar-refractivity contribution >= 4 is 17.3 Å². The highest BCUT2D eigenvalue weighted by molar-refractivity contribution is 6.32. The van der Waals surface area contributed by atoms with Gasteiger partial charge in [0.1, 0.15) is 5.02 Å². The van der Waals surface area contributed by atoms with E-state index in [0.717, 1.165) is 5.56 Å². The molecule has 0 saturated carbocycles. The third-order valence-corrected chi connectivity index (χ3v) is 2.46. The van der Waals surface area contributed by atoms with E-state index in [-0.39, 0.29) is 17.3 Å². The number of nitro groups is 1. The summed E-state index contributed by atoms with van der Waals surface area (Å²) >= 11 is 5.69. The Morgan fingerprint density at radius 3 is 2.81 bits per heavy atom. The quantitative estimate of drug-likeness (QED) is 0.632. The first kappa shape index (κ1) is 12.9. The van der Waals surface area contributed by atoms with Crippen LogP contribution in [0, 0.1) is 10.1 Å². The Hall–Kier alpha value is -1.17. The molecule has 5 nitrogen and oxygen atoms in total. The number of rotatable bonds is 5. The van der Waals surface area contributed by atoms with Crippen LogP contribution in [0.5, 0.6) is 0 Å². The van der Waals surface area contributed by atoms with Gasteiger partial charge in [-0.1, -0.05) is 17.7 Å². The number of nitrogens with zero attached hydrogens (tertiary/aromatic N) is 2. The van der Waals surface area contributed by atoms with Crippen LogP contribution in [0.15, 0.2) is 18.2 Å². The van der Waals surface area contributed by atoms with Crippen molar-refractivity contribution < 1.29 is 10.0 Å². The molecule has 1 N–H and O–H groups in total. The van der Waals surface area contributed by atoms with Gasteiger partial charge in [-0.25, -0.2) is 0 Å². The number of aliphatic hydroxyl groups is 1. The highest BCUT2D eigenvalue weighted by Gasteiger charge is 2.13. The topological polar surface area (TPSA) is 66.6 Å². The Labute approximate surface area is 98.4 Å². The number of hydrogen-bond acceptors (Lipinski definition) is 4. The van der Waals surface area contributed by atoms with Crippen molar-refractivity contribution in [2.45, 2.75) is 6.54 Å². The number of benzene rings is 1. The average molecular weight is 245 g/mol. The van der Waals surface area contributed by atoms with Crippen molar-refractivity contribution in [3.8, 4) is 0 Å². The minimum absolute atomic E-state index is 0.0617. The summed E-state index contributed by atoms with van der Waals surface area (Å²) in [4.78, 5) is 12.0. The zero-order valence-corrected chi connectivity index (χ0v) is 9.65. The summed E-state index contributed by atoms with van der Waals surface area (Å²) in [6, 6.07) is 4.71. The normalized spacial score (nSPS) is 10.8. The molecule has 1 rings (SSSR count). The van der Waals surface area contributed by atoms with E-state index in [9.17, 15) is 10.1 Å². The Kier molecular flexibility index (Phi) is 4.67. The summed E-state index contributed by atoms with van der Waals surface area (Å²) in [6.45, 7) is 1.13. The van der Waals surface area contributed by atoms with Crippen LogP contribution >= 0.6 is 11.6 Å². The maximum Gasteiger partial charge on any atom is 0.288 e. The summed E-state index contributed by atoms with van der Waals surface area (Å²) in [5.74, 6) is 0. The standard InChI is InChI=1S/C10H13ClN2O3/c1-12(4-5-14)7-8-2-3-9(11)10(6-8)13(15)16/h2-3,6,14H,4-5,7H2,1H3. The number of halogens is 1. The minimum Gasteiger partial charge on any atom is -0.395 e. The molecule has 0 heterocycles. The van der Waals surface area contributed by atoms with E-state index in [1.54, 1.807) is 6.07 Å². The van der Waals surface area contributed by atoms with Crippen molar-refractivity contribution in [2.75, 3.05) is 20.2 Å². The van der Waals surface area contributed by atoms with Gasteiger partial charge in [0, 0.05) is 19.2 Å². The van der Waals surface area contributed by atoms with E-state index in [2.05, 4.69) is 0 Å². The highest BCUT2D eigenvalue weighted by atomic mass is 35.5. The zero-order valence-electron chi connectivity index (χ0n) is 8.89. The lowest BCUT2D eigenvalue weighted by Crippen LogP contribution is -2.21. The first-order valence-electron chi connectivity index (χ1n) is 4.77. The molecular weight excluding hydrogens is 232 g/mol. The van der Waals surface area contributed by atoms with Crippen LogP contribution in [-0.4, -0.2) is 35.1 Å². The van der Waals surface area contributed by atoms with Crippen LogP contribution in [0.25, 0.3) is 0 Å². The second-order valence-corrected chi connectivity index (χ2v) is 3.91. The molecule has 0 atom stereocenters. The maximum atomic E-state index is 10.7. The van der Waals surface area contributed by atoms with E-state index in [4.69, 9.17) is 16.7 Å². The van der Waals surface area contributed by atoms with E-state index in [1.165, 1.54) is 12.1 Å². The van der Waals surface area contributed by atoms with Crippen LogP contribution in [0.1, 0.15) is 5.56 Å². The van der Waals surface area contributed by atoms with Gasteiger partial charge in [0.2, 0.25) is 0 Å². The Balaban J connectivity index is 2.82. The van der Waals surface area contributed by atoms with E-state index >= 15 is 0 Å². The molecule has 1 aromatic carbocycles. The molecule has 0 fully saturated rings. The largest absolute Gasteiger partial charge is 0.395 e. The lowest BCUT2D eigenvalue weighted by Gasteiger charge is -2.14. The van der Waals surface area contributed by atoms with Crippen molar-refractivity contribution in [1.29, 1.82) is 0 Å². The van der Waals surface area contributed by atoms with Crippen LogP contribution in [0.2, 0.25) is 5.02 Å². The number of nitro benzene ring substituents is 1. The fourth-order valence-electron chi connectivity index (χ4n) is 1.36. The van der Waals surface area contributed by atoms with Crippen molar-refractivity contribution in [3.63, 3.8) is 0 Å². The van der Waals surface area contributed by atoms with Crippen LogP contribution in [0.3, 0.4) is 0 Å². The van der Waals surface area contributed by atoms with Gasteiger partial charge in [-0.05, 0) is 18.7 Å². The van der Waals surface area contributed by atoms with Crippen LogP contribution in [-0.2, 0) is 6.54 Å². The lowest BCUT2D eigenvalue weighted by molar-refractivity contribution is -0.384. The molecule has 0 bridgehead atoms. The number of likely N-dealkylation sites (N-methyl/N-ethyl adjacent to an activating group) is 1. The SMILES string of the molecule is CN(CCO)Cc1ccc(Cl)c([N+](=O)[O-])c1. The van der Waals surface area contributed by atoms with Gasteiger partial charge in [0.15, 0.2) is 0 Å². The third-order valence-electron chi connectivity index (χ3n) is 2.14. The molecule has 6 heteroatoms. The number of hydrogen-bond donors (Lipinski definition) is 1. The second-order valence-electron chi connectivity index (χ2n) is 3.50. The summed E-state index contributed by atoms with van der Waals surface area (Å²) in [7, 11) is 1.83. The van der Waals surface area contributed by atoms with E-state index < -0.39 is 4.92 Å². The first-order valence-corrected chi connectivity index (χ1v) is 5.14. The predicted molar refractivity (Wildman–Crippen MR) is 61.5 cm³/mol. The lowest BCUT2D eigenvalue weighted by atomic mass is 10.2. The molecule has 0 unspecified atom stereocenters. The number of aliphatic hydroxyl groups excluding tert-OH is 1. The van der Waals surface area contributed by atoms with E-state index in [1.807, 2.05) is 11.9 Å². The smallest absolute Gasteiger partial charge is 0.288 e. The summed E-state index contributed by atoms with van der Waals surface area (Å²) in [5, 5.41) is 19.5. The zero-order chi connectivity index (χ0) is 12.1. The Bertz CT molecular complexity index is 384. The fourth-order valence-corrected chi connectivity index (χ4v) is 1.54. The van der Waals surface area contributed by atoms with Crippen molar-refractivity contribution in [3.05, 3.63) is 38.9 Å². The minimum atomic E-state index is -0.502. The monoisotopic (exact) mass is 244 g/mol. The maximum absolute atomic E-state index is 10.7. The van der Waals surface area contributed by atoms with Crippen LogP contribution in [0.4, 0.5) is 5.69 Å². The fraction of sp³-hybridized carbons (Fsp3) is 0.400. The molecular formula is C10H13ClN2O3. The van der Waals surface area contributed by atoms with Crippen molar-refractivity contribution in [1.82, 2.24) is 4.90 Å². The van der Waals surface area contributed by atoms with Gasteiger partial charge in [-0.3, -0.25) is 15.0 Å². The molecule has 0 saturated heterocycles. The van der Waals surface area contributed by atoms with Gasteiger partial charge in [-0.15, -0.1) is 0 Å². The van der Waals surface area contributed by atoms with Gasteiger partial charge < -0.3 is 5.11 Å². The molecule has 0 aromatic heterocycles. The second kappa shape index (κ2) is 5.79. The molecule has 0 aliphatic rings. The van der Waals surface area contributed by atoms with Gasteiger partial charge in [-0.2, -0.15) is 0 Å². The molecule has 0 aliphatic carbocycles. The third kappa shape index (κ3) is 3.44. The van der Waals surface area contributed by atoms with E-state index in [0.29, 0.717) is 13.1 Å². The highest BCUT2D eigenvalue weighted by Crippen LogP contribution is 2.25. The molecule has 0 spiro atoms. The van der Waals surface area contributed by atoms with Gasteiger partial charge >= 0.3 is 0 Å².